The van der Waals surface area contributed by atoms with Crippen molar-refractivity contribution in [1.29, 1.82) is 0 Å². The Morgan fingerprint density at radius 2 is 2.31 bits per heavy atom. The third-order valence-electron chi connectivity index (χ3n) is 2.18. The maximum Gasteiger partial charge on any atom is 0.326 e. The van der Waals surface area contributed by atoms with Gasteiger partial charge >= 0.3 is 6.03 Å². The van der Waals surface area contributed by atoms with E-state index in [0.29, 0.717) is 0 Å². The van der Waals surface area contributed by atoms with E-state index in [4.69, 9.17) is 5.11 Å². The summed E-state index contributed by atoms with van der Waals surface area (Å²) in [6.07, 6.45) is -0.342. The molecule has 2 atom stereocenters. The van der Waals surface area contributed by atoms with Gasteiger partial charge in [0.15, 0.2) is 0 Å². The van der Waals surface area contributed by atoms with Gasteiger partial charge in [-0.2, -0.15) is 0 Å². The number of imide groups is 1. The predicted molar refractivity (Wildman–Crippen MR) is 45.8 cm³/mol. The summed E-state index contributed by atoms with van der Waals surface area (Å²) in [5.74, 6) is -0.314. The number of nitrogens with zero attached hydrogens (tertiary/aromatic N) is 1. The zero-order valence-electron chi connectivity index (χ0n) is 7.78. The second-order valence-corrected chi connectivity index (χ2v) is 3.19. The van der Waals surface area contributed by atoms with E-state index in [1.54, 1.807) is 6.92 Å². The van der Waals surface area contributed by atoms with E-state index in [1.807, 2.05) is 6.92 Å². The molecule has 1 heterocycles. The monoisotopic (exact) mass is 186 g/mol. The lowest BCUT2D eigenvalue weighted by Gasteiger charge is -2.32. The molecule has 1 aliphatic rings. The molecule has 0 saturated carbocycles. The highest BCUT2D eigenvalue weighted by Gasteiger charge is 2.33. The van der Waals surface area contributed by atoms with Crippen molar-refractivity contribution in [3.63, 3.8) is 0 Å². The van der Waals surface area contributed by atoms with Crippen molar-refractivity contribution in [2.45, 2.75) is 39.0 Å². The van der Waals surface area contributed by atoms with Crippen LogP contribution in [0, 0.1) is 0 Å². The first-order valence-corrected chi connectivity index (χ1v) is 4.37. The van der Waals surface area contributed by atoms with Crippen LogP contribution in [0.25, 0.3) is 0 Å². The first-order valence-electron chi connectivity index (χ1n) is 4.37. The van der Waals surface area contributed by atoms with Crippen LogP contribution in [0.3, 0.4) is 0 Å². The van der Waals surface area contributed by atoms with Gasteiger partial charge in [0, 0.05) is 6.04 Å². The Bertz CT molecular complexity index is 211. The number of aliphatic hydroxyl groups excluding tert-OH is 1. The first-order chi connectivity index (χ1) is 6.06. The molecule has 5 heteroatoms. The molecule has 74 valence electrons. The van der Waals surface area contributed by atoms with Gasteiger partial charge in [-0.05, 0) is 13.3 Å². The number of carbonyl (C=O) groups is 2. The Morgan fingerprint density at radius 3 is 2.77 bits per heavy atom. The second kappa shape index (κ2) is 3.74. The number of amides is 3. The molecule has 2 unspecified atom stereocenters. The molecule has 1 rings (SSSR count). The summed E-state index contributed by atoms with van der Waals surface area (Å²) >= 11 is 0. The Morgan fingerprint density at radius 1 is 1.69 bits per heavy atom. The molecule has 3 amide bonds. The van der Waals surface area contributed by atoms with Gasteiger partial charge in [-0.1, -0.05) is 6.92 Å². The van der Waals surface area contributed by atoms with E-state index < -0.39 is 12.3 Å². The van der Waals surface area contributed by atoms with E-state index in [9.17, 15) is 9.59 Å². The maximum absolute atomic E-state index is 11.3. The van der Waals surface area contributed by atoms with Crippen LogP contribution >= 0.6 is 0 Å². The molecule has 2 N–H and O–H groups in total. The van der Waals surface area contributed by atoms with Crippen molar-refractivity contribution in [2.75, 3.05) is 0 Å². The lowest BCUT2D eigenvalue weighted by Crippen LogP contribution is -2.57. The van der Waals surface area contributed by atoms with Crippen molar-refractivity contribution in [1.82, 2.24) is 10.2 Å². The largest absolute Gasteiger partial charge is 0.373 e. The van der Waals surface area contributed by atoms with Gasteiger partial charge in [0.05, 0.1) is 6.42 Å². The molecule has 1 fully saturated rings. The Kier molecular flexibility index (Phi) is 2.87. The van der Waals surface area contributed by atoms with Crippen LogP contribution in [0.5, 0.6) is 0 Å². The van der Waals surface area contributed by atoms with Crippen molar-refractivity contribution in [2.24, 2.45) is 0 Å². The third kappa shape index (κ3) is 1.98. The Labute approximate surface area is 76.7 Å². The van der Waals surface area contributed by atoms with Crippen molar-refractivity contribution < 1.29 is 14.7 Å². The summed E-state index contributed by atoms with van der Waals surface area (Å²) < 4.78 is 0. The molecule has 0 aliphatic carbocycles. The Hall–Kier alpha value is -1.10. The number of rotatable bonds is 2. The minimum Gasteiger partial charge on any atom is -0.373 e. The van der Waals surface area contributed by atoms with Gasteiger partial charge in [0.1, 0.15) is 6.23 Å². The second-order valence-electron chi connectivity index (χ2n) is 3.19. The standard InChI is InChI=1S/C8H14N2O3/c1-3-5(2)10-7(12)4-6(11)9-8(10)13/h5-6,11H,3-4H2,1-2H3,(H,9,13). The number of hydrogen-bond donors (Lipinski definition) is 2. The molecule has 0 aromatic carbocycles. The molecule has 1 saturated heterocycles. The summed E-state index contributed by atoms with van der Waals surface area (Å²) in [6, 6.07) is -0.613. The minimum absolute atomic E-state index is 0.0317. The highest BCUT2D eigenvalue weighted by atomic mass is 16.3. The van der Waals surface area contributed by atoms with Gasteiger partial charge < -0.3 is 10.4 Å². The molecular formula is C8H14N2O3. The summed E-state index contributed by atoms with van der Waals surface area (Å²) in [7, 11) is 0. The molecule has 0 radical (unpaired) electrons. The van der Waals surface area contributed by atoms with Gasteiger partial charge in [-0.25, -0.2) is 4.79 Å². The fourth-order valence-electron chi connectivity index (χ4n) is 1.27. The highest BCUT2D eigenvalue weighted by Crippen LogP contribution is 2.11. The van der Waals surface area contributed by atoms with Gasteiger partial charge in [0.25, 0.3) is 0 Å². The average molecular weight is 186 g/mol. The van der Waals surface area contributed by atoms with Gasteiger partial charge in [-0.15, -0.1) is 0 Å². The maximum atomic E-state index is 11.3. The minimum atomic E-state index is -1.03. The summed E-state index contributed by atoms with van der Waals surface area (Å²) in [5.41, 5.74) is 0. The summed E-state index contributed by atoms with van der Waals surface area (Å²) in [5, 5.41) is 11.3. The lowest BCUT2D eigenvalue weighted by atomic mass is 10.2. The van der Waals surface area contributed by atoms with Crippen LogP contribution in [-0.2, 0) is 4.79 Å². The van der Waals surface area contributed by atoms with Crippen LogP contribution in [0.1, 0.15) is 26.7 Å². The fraction of sp³-hybridized carbons (Fsp3) is 0.750. The predicted octanol–water partition coefficient (Wildman–Crippen LogP) is 0.0452. The van der Waals surface area contributed by atoms with Crippen molar-refractivity contribution in [3.05, 3.63) is 0 Å². The van der Waals surface area contributed by atoms with Crippen molar-refractivity contribution in [3.8, 4) is 0 Å². The van der Waals surface area contributed by atoms with Crippen LogP contribution in [-0.4, -0.2) is 34.2 Å². The van der Waals surface area contributed by atoms with Crippen LogP contribution in [0.4, 0.5) is 4.79 Å². The number of urea groups is 1. The van der Waals surface area contributed by atoms with Crippen molar-refractivity contribution >= 4 is 11.9 Å². The molecule has 5 nitrogen and oxygen atoms in total. The van der Waals surface area contributed by atoms with E-state index in [1.165, 1.54) is 0 Å². The van der Waals surface area contributed by atoms with Gasteiger partial charge in [0.2, 0.25) is 5.91 Å². The molecule has 1 aliphatic heterocycles. The van der Waals surface area contributed by atoms with Crippen LogP contribution < -0.4 is 5.32 Å². The smallest absolute Gasteiger partial charge is 0.326 e. The molecule has 0 aromatic rings. The molecular weight excluding hydrogens is 172 g/mol. The van der Waals surface area contributed by atoms with E-state index >= 15 is 0 Å². The average Bonchev–Trinajstić information content (AvgIpc) is 2.02. The number of carbonyl (C=O) groups excluding carboxylic acids is 2. The third-order valence-corrected chi connectivity index (χ3v) is 2.18. The van der Waals surface area contributed by atoms with Crippen LogP contribution in [0.2, 0.25) is 0 Å². The lowest BCUT2D eigenvalue weighted by molar-refractivity contribution is -0.134. The number of hydrogen-bond acceptors (Lipinski definition) is 3. The fourth-order valence-corrected chi connectivity index (χ4v) is 1.27. The highest BCUT2D eigenvalue weighted by molar-refractivity contribution is 5.97. The van der Waals surface area contributed by atoms with Crippen LogP contribution in [0.15, 0.2) is 0 Å². The quantitative estimate of drug-likeness (QED) is 0.640. The van der Waals surface area contributed by atoms with E-state index in [0.717, 1.165) is 11.3 Å². The normalized spacial score (nSPS) is 25.8. The SMILES string of the molecule is CCC(C)N1C(=O)CC(O)NC1=O. The zero-order chi connectivity index (χ0) is 10.0. The molecule has 13 heavy (non-hydrogen) atoms. The number of nitrogens with one attached hydrogen (secondary N) is 1. The molecule has 0 aromatic heterocycles. The Balaban J connectivity index is 2.73. The first kappa shape index (κ1) is 9.98. The van der Waals surface area contributed by atoms with Gasteiger partial charge in [-0.3, -0.25) is 9.69 Å². The summed E-state index contributed by atoms with van der Waals surface area (Å²) in [6.45, 7) is 3.70. The zero-order valence-corrected chi connectivity index (χ0v) is 7.78. The topological polar surface area (TPSA) is 69.6 Å². The molecule has 0 spiro atoms. The molecule has 0 bridgehead atoms. The summed E-state index contributed by atoms with van der Waals surface area (Å²) in [4.78, 5) is 23.7. The number of aliphatic hydroxyl groups is 1. The van der Waals surface area contributed by atoms with E-state index in [-0.39, 0.29) is 18.4 Å². The van der Waals surface area contributed by atoms with E-state index in [2.05, 4.69) is 5.32 Å².